The molecule has 2 aromatic carbocycles. The first kappa shape index (κ1) is 15.5. The molecule has 0 aliphatic heterocycles. The van der Waals surface area contributed by atoms with Gasteiger partial charge in [-0.25, -0.2) is 13.1 Å². The number of rotatable bonds is 5. The van der Waals surface area contributed by atoms with Crippen LogP contribution in [0, 0.1) is 0 Å². The third-order valence-corrected chi connectivity index (χ3v) is 5.11. The van der Waals surface area contributed by atoms with Crippen molar-refractivity contribution in [1.29, 1.82) is 0 Å². The third kappa shape index (κ3) is 3.06. The summed E-state index contributed by atoms with van der Waals surface area (Å²) in [6.45, 7) is 0.197. The Balaban J connectivity index is 2.03. The molecule has 0 saturated carbocycles. The van der Waals surface area contributed by atoms with Gasteiger partial charge < -0.3 is 4.90 Å². The fourth-order valence-electron chi connectivity index (χ4n) is 2.52. The summed E-state index contributed by atoms with van der Waals surface area (Å²) in [5.41, 5.74) is 1.76. The van der Waals surface area contributed by atoms with Gasteiger partial charge in [-0.15, -0.1) is 0 Å². The maximum Gasteiger partial charge on any atom is 0.241 e. The molecule has 0 atom stereocenters. The molecule has 3 aromatic rings. The molecule has 0 aliphatic rings. The van der Waals surface area contributed by atoms with E-state index in [1.54, 1.807) is 24.5 Å². The van der Waals surface area contributed by atoms with Crippen molar-refractivity contribution in [2.24, 2.45) is 0 Å². The highest BCUT2D eigenvalue weighted by atomic mass is 32.2. The number of nitrogens with one attached hydrogen (secondary N) is 2. The quantitative estimate of drug-likeness (QED) is 0.751. The van der Waals surface area contributed by atoms with Crippen molar-refractivity contribution < 1.29 is 8.42 Å². The van der Waals surface area contributed by atoms with E-state index < -0.39 is 10.0 Å². The summed E-state index contributed by atoms with van der Waals surface area (Å²) in [6, 6.07) is 11.0. The van der Waals surface area contributed by atoms with E-state index in [0.29, 0.717) is 5.39 Å². The number of aromatic nitrogens is 2. The molecule has 0 spiro atoms. The molecule has 1 heterocycles. The Hall–Kier alpha value is -2.38. The molecule has 0 amide bonds. The van der Waals surface area contributed by atoms with Crippen LogP contribution in [0.15, 0.2) is 53.7 Å². The highest BCUT2D eigenvalue weighted by Gasteiger charge is 2.18. The largest absolute Gasteiger partial charge is 0.377 e. The lowest BCUT2D eigenvalue weighted by atomic mass is 10.1. The zero-order chi connectivity index (χ0) is 16.4. The van der Waals surface area contributed by atoms with E-state index in [2.05, 4.69) is 14.9 Å². The molecule has 120 valence electrons. The van der Waals surface area contributed by atoms with Gasteiger partial charge >= 0.3 is 0 Å². The molecule has 0 bridgehead atoms. The van der Waals surface area contributed by atoms with Crippen molar-refractivity contribution >= 4 is 26.5 Å². The zero-order valence-corrected chi connectivity index (χ0v) is 13.8. The van der Waals surface area contributed by atoms with E-state index in [9.17, 15) is 8.42 Å². The summed E-state index contributed by atoms with van der Waals surface area (Å²) < 4.78 is 28.0. The molecule has 0 radical (unpaired) electrons. The molecule has 3 rings (SSSR count). The van der Waals surface area contributed by atoms with Crippen LogP contribution in [0.3, 0.4) is 0 Å². The number of H-pyrrole nitrogens is 1. The number of hydrogen-bond donors (Lipinski definition) is 2. The molecule has 0 fully saturated rings. The molecule has 0 aliphatic carbocycles. The number of aromatic amines is 1. The van der Waals surface area contributed by atoms with Gasteiger partial charge in [0.1, 0.15) is 0 Å². The Labute approximate surface area is 135 Å². The normalized spacial score (nSPS) is 11.7. The first-order valence-electron chi connectivity index (χ1n) is 7.15. The number of anilines is 1. The van der Waals surface area contributed by atoms with E-state index >= 15 is 0 Å². The van der Waals surface area contributed by atoms with E-state index in [1.807, 2.05) is 43.3 Å². The standard InChI is InChI=1S/C16H18N4O2S/c1-20(2)15-7-3-6-14-13(15)5-4-8-16(14)23(21,22)19-11-12-9-17-18-10-12/h3-10,19H,11H2,1-2H3,(H,17,18). The fourth-order valence-corrected chi connectivity index (χ4v) is 3.76. The first-order valence-corrected chi connectivity index (χ1v) is 8.64. The van der Waals surface area contributed by atoms with Crippen LogP contribution < -0.4 is 9.62 Å². The fraction of sp³-hybridized carbons (Fsp3) is 0.188. The average molecular weight is 330 g/mol. The van der Waals surface area contributed by atoms with Crippen molar-refractivity contribution in [3.05, 3.63) is 54.4 Å². The zero-order valence-electron chi connectivity index (χ0n) is 12.9. The maximum atomic E-state index is 12.7. The van der Waals surface area contributed by atoms with Crippen LogP contribution in [0.4, 0.5) is 5.69 Å². The van der Waals surface area contributed by atoms with Gasteiger partial charge in [0, 0.05) is 48.9 Å². The second-order valence-electron chi connectivity index (χ2n) is 5.45. The van der Waals surface area contributed by atoms with Crippen LogP contribution in [0.5, 0.6) is 0 Å². The Morgan fingerprint density at radius 3 is 2.57 bits per heavy atom. The minimum Gasteiger partial charge on any atom is -0.377 e. The number of benzene rings is 2. The summed E-state index contributed by atoms with van der Waals surface area (Å²) >= 11 is 0. The van der Waals surface area contributed by atoms with Crippen molar-refractivity contribution in [1.82, 2.24) is 14.9 Å². The van der Waals surface area contributed by atoms with Gasteiger partial charge in [0.2, 0.25) is 10.0 Å². The van der Waals surface area contributed by atoms with Crippen LogP contribution in [0.2, 0.25) is 0 Å². The van der Waals surface area contributed by atoms with Gasteiger partial charge in [-0.1, -0.05) is 24.3 Å². The molecular weight excluding hydrogens is 312 g/mol. The summed E-state index contributed by atoms with van der Waals surface area (Å²) in [5.74, 6) is 0. The monoisotopic (exact) mass is 330 g/mol. The molecular formula is C16H18N4O2S. The lowest BCUT2D eigenvalue weighted by molar-refractivity contribution is 0.582. The second kappa shape index (κ2) is 6.02. The van der Waals surface area contributed by atoms with Crippen LogP contribution >= 0.6 is 0 Å². The maximum absolute atomic E-state index is 12.7. The Morgan fingerprint density at radius 2 is 1.87 bits per heavy atom. The van der Waals surface area contributed by atoms with Gasteiger partial charge in [-0.3, -0.25) is 5.10 Å². The van der Waals surface area contributed by atoms with Crippen molar-refractivity contribution in [3.63, 3.8) is 0 Å². The van der Waals surface area contributed by atoms with Crippen molar-refractivity contribution in [3.8, 4) is 0 Å². The van der Waals surface area contributed by atoms with Crippen LogP contribution in [0.25, 0.3) is 10.8 Å². The van der Waals surface area contributed by atoms with Gasteiger partial charge in [0.15, 0.2) is 0 Å². The first-order chi connectivity index (χ1) is 11.0. The summed E-state index contributed by atoms with van der Waals surface area (Å²) in [5, 5.41) is 8.09. The van der Waals surface area contributed by atoms with Gasteiger partial charge in [-0.2, -0.15) is 5.10 Å². The van der Waals surface area contributed by atoms with Crippen molar-refractivity contribution in [2.45, 2.75) is 11.4 Å². The van der Waals surface area contributed by atoms with Crippen LogP contribution in [-0.2, 0) is 16.6 Å². The van der Waals surface area contributed by atoms with Crippen LogP contribution in [-0.4, -0.2) is 32.7 Å². The van der Waals surface area contributed by atoms with E-state index in [1.165, 1.54) is 0 Å². The lowest BCUT2D eigenvalue weighted by Gasteiger charge is -2.17. The molecule has 0 saturated heterocycles. The lowest BCUT2D eigenvalue weighted by Crippen LogP contribution is -2.23. The van der Waals surface area contributed by atoms with E-state index in [0.717, 1.165) is 16.6 Å². The van der Waals surface area contributed by atoms with Gasteiger partial charge in [-0.05, 0) is 12.1 Å². The predicted octanol–water partition coefficient (Wildman–Crippen LogP) is 2.11. The van der Waals surface area contributed by atoms with Crippen LogP contribution in [0.1, 0.15) is 5.56 Å². The summed E-state index contributed by atoms with van der Waals surface area (Å²) in [7, 11) is 0.260. The Kier molecular flexibility index (Phi) is 4.06. The Morgan fingerprint density at radius 1 is 1.13 bits per heavy atom. The van der Waals surface area contributed by atoms with E-state index in [-0.39, 0.29) is 11.4 Å². The SMILES string of the molecule is CN(C)c1cccc2c(S(=O)(=O)NCc3cn[nH]c3)cccc12. The second-order valence-corrected chi connectivity index (χ2v) is 7.19. The van der Waals surface area contributed by atoms with Gasteiger partial charge in [0.25, 0.3) is 0 Å². The van der Waals surface area contributed by atoms with Crippen molar-refractivity contribution in [2.75, 3.05) is 19.0 Å². The van der Waals surface area contributed by atoms with Gasteiger partial charge in [0.05, 0.1) is 11.1 Å². The highest BCUT2D eigenvalue weighted by molar-refractivity contribution is 7.89. The number of sulfonamides is 1. The Bertz CT molecular complexity index is 918. The molecule has 2 N–H and O–H groups in total. The summed E-state index contributed by atoms with van der Waals surface area (Å²) in [6.07, 6.45) is 3.26. The number of nitrogens with zero attached hydrogens (tertiary/aromatic N) is 2. The molecule has 23 heavy (non-hydrogen) atoms. The number of hydrogen-bond acceptors (Lipinski definition) is 4. The topological polar surface area (TPSA) is 78.1 Å². The van der Waals surface area contributed by atoms with E-state index in [4.69, 9.17) is 0 Å². The molecule has 0 unspecified atom stereocenters. The molecule has 6 nitrogen and oxygen atoms in total. The minimum absolute atomic E-state index is 0.197. The third-order valence-electron chi connectivity index (χ3n) is 3.65. The number of fused-ring (bicyclic) bond motifs is 1. The average Bonchev–Trinajstić information content (AvgIpc) is 3.05. The minimum atomic E-state index is -3.62. The smallest absolute Gasteiger partial charge is 0.241 e. The molecule has 7 heteroatoms. The molecule has 1 aromatic heterocycles. The summed E-state index contributed by atoms with van der Waals surface area (Å²) in [4.78, 5) is 2.25. The highest BCUT2D eigenvalue weighted by Crippen LogP contribution is 2.30. The predicted molar refractivity (Wildman–Crippen MR) is 90.9 cm³/mol.